The highest BCUT2D eigenvalue weighted by molar-refractivity contribution is 9.10. The van der Waals surface area contributed by atoms with Gasteiger partial charge >= 0.3 is 0 Å². The summed E-state index contributed by atoms with van der Waals surface area (Å²) in [6, 6.07) is 10.7. The SMILES string of the molecule is CN=C(NCc1ccnn1C)NCC1(c2ccc(Br)cc2)CCOCC1. The van der Waals surface area contributed by atoms with Gasteiger partial charge in [-0.05, 0) is 36.6 Å². The summed E-state index contributed by atoms with van der Waals surface area (Å²) in [5, 5.41) is 11.1. The molecule has 1 aliphatic rings. The second kappa shape index (κ2) is 8.68. The Labute approximate surface area is 163 Å². The van der Waals surface area contributed by atoms with Gasteiger partial charge < -0.3 is 15.4 Å². The third kappa shape index (κ3) is 4.45. The Kier molecular flexibility index (Phi) is 6.32. The highest BCUT2D eigenvalue weighted by Crippen LogP contribution is 2.34. The van der Waals surface area contributed by atoms with Gasteiger partial charge in [-0.2, -0.15) is 5.10 Å². The standard InChI is InChI=1S/C19H26BrN5O/c1-21-18(22-13-17-7-10-24-25(17)2)23-14-19(8-11-26-12-9-19)15-3-5-16(20)6-4-15/h3-7,10H,8-9,11-14H2,1-2H3,(H2,21,22,23). The maximum atomic E-state index is 5.62. The van der Waals surface area contributed by atoms with Gasteiger partial charge in [-0.15, -0.1) is 0 Å². The number of benzene rings is 1. The number of guanidine groups is 1. The minimum absolute atomic E-state index is 0.0586. The lowest BCUT2D eigenvalue weighted by atomic mass is 9.74. The number of nitrogens with zero attached hydrogens (tertiary/aromatic N) is 3. The summed E-state index contributed by atoms with van der Waals surface area (Å²) in [6.07, 6.45) is 3.80. The van der Waals surface area contributed by atoms with E-state index in [1.54, 1.807) is 13.2 Å². The molecule has 1 aliphatic heterocycles. The third-order valence-corrected chi connectivity index (χ3v) is 5.61. The maximum Gasteiger partial charge on any atom is 0.191 e. The Morgan fingerprint density at radius 3 is 2.58 bits per heavy atom. The van der Waals surface area contributed by atoms with E-state index in [0.29, 0.717) is 6.54 Å². The summed E-state index contributed by atoms with van der Waals surface area (Å²) < 4.78 is 8.59. The summed E-state index contributed by atoms with van der Waals surface area (Å²) in [5.74, 6) is 0.800. The third-order valence-electron chi connectivity index (χ3n) is 5.08. The molecule has 2 aromatic rings. The lowest BCUT2D eigenvalue weighted by Gasteiger charge is -2.38. The molecule has 0 aliphatic carbocycles. The smallest absolute Gasteiger partial charge is 0.191 e. The van der Waals surface area contributed by atoms with Crippen molar-refractivity contribution in [3.05, 3.63) is 52.3 Å². The fourth-order valence-electron chi connectivity index (χ4n) is 3.36. The van der Waals surface area contributed by atoms with E-state index in [1.165, 1.54) is 5.56 Å². The van der Waals surface area contributed by atoms with Crippen LogP contribution in [-0.4, -0.2) is 42.5 Å². The number of hydrogen-bond acceptors (Lipinski definition) is 3. The number of nitrogens with one attached hydrogen (secondary N) is 2. The van der Waals surface area contributed by atoms with Gasteiger partial charge in [0, 0.05) is 49.9 Å². The average molecular weight is 420 g/mol. The largest absolute Gasteiger partial charge is 0.381 e. The second-order valence-electron chi connectivity index (χ2n) is 6.63. The minimum atomic E-state index is 0.0586. The van der Waals surface area contributed by atoms with Crippen molar-refractivity contribution in [3.8, 4) is 0 Å². The molecule has 2 N–H and O–H groups in total. The van der Waals surface area contributed by atoms with Crippen molar-refractivity contribution in [2.45, 2.75) is 24.8 Å². The van der Waals surface area contributed by atoms with Crippen LogP contribution < -0.4 is 10.6 Å². The molecule has 140 valence electrons. The molecule has 26 heavy (non-hydrogen) atoms. The molecule has 0 saturated carbocycles. The molecule has 1 saturated heterocycles. The van der Waals surface area contributed by atoms with E-state index < -0.39 is 0 Å². The average Bonchev–Trinajstić information content (AvgIpc) is 3.08. The van der Waals surface area contributed by atoms with Gasteiger partial charge in [0.15, 0.2) is 5.96 Å². The van der Waals surface area contributed by atoms with Gasteiger partial charge in [-0.3, -0.25) is 9.67 Å². The molecular weight excluding hydrogens is 394 g/mol. The van der Waals surface area contributed by atoms with Gasteiger partial charge in [0.1, 0.15) is 0 Å². The minimum Gasteiger partial charge on any atom is -0.381 e. The molecule has 6 nitrogen and oxygen atoms in total. The first-order chi connectivity index (χ1) is 12.6. The van der Waals surface area contributed by atoms with Crippen LogP contribution in [-0.2, 0) is 23.7 Å². The summed E-state index contributed by atoms with van der Waals surface area (Å²) >= 11 is 3.53. The van der Waals surface area contributed by atoms with Crippen LogP contribution >= 0.6 is 15.9 Å². The summed E-state index contributed by atoms with van der Waals surface area (Å²) in [5.41, 5.74) is 2.52. The topological polar surface area (TPSA) is 63.5 Å². The number of ether oxygens (including phenoxy) is 1. The van der Waals surface area contributed by atoms with Crippen molar-refractivity contribution in [2.24, 2.45) is 12.0 Å². The highest BCUT2D eigenvalue weighted by Gasteiger charge is 2.34. The Hall–Kier alpha value is -1.86. The Balaban J connectivity index is 1.66. The number of hydrogen-bond donors (Lipinski definition) is 2. The maximum absolute atomic E-state index is 5.62. The van der Waals surface area contributed by atoms with Crippen molar-refractivity contribution in [1.82, 2.24) is 20.4 Å². The summed E-state index contributed by atoms with van der Waals surface area (Å²) in [6.45, 7) is 3.09. The van der Waals surface area contributed by atoms with Crippen LogP contribution in [0.25, 0.3) is 0 Å². The number of aromatic nitrogens is 2. The van der Waals surface area contributed by atoms with Gasteiger partial charge in [-0.1, -0.05) is 28.1 Å². The van der Waals surface area contributed by atoms with E-state index in [-0.39, 0.29) is 5.41 Å². The molecule has 0 amide bonds. The van der Waals surface area contributed by atoms with Crippen molar-refractivity contribution in [2.75, 3.05) is 26.8 Å². The number of aliphatic imine (C=N–C) groups is 1. The zero-order valence-electron chi connectivity index (χ0n) is 15.3. The van der Waals surface area contributed by atoms with E-state index in [1.807, 2.05) is 17.8 Å². The predicted molar refractivity (Wildman–Crippen MR) is 107 cm³/mol. The highest BCUT2D eigenvalue weighted by atomic mass is 79.9. The molecule has 3 rings (SSSR count). The lowest BCUT2D eigenvalue weighted by molar-refractivity contribution is 0.0514. The van der Waals surface area contributed by atoms with Gasteiger partial charge in [0.25, 0.3) is 0 Å². The molecule has 1 fully saturated rings. The van der Waals surface area contributed by atoms with Crippen LogP contribution in [0.5, 0.6) is 0 Å². The molecule has 1 aromatic heterocycles. The fourth-order valence-corrected chi connectivity index (χ4v) is 3.62. The zero-order chi connectivity index (χ0) is 18.4. The molecule has 1 aromatic carbocycles. The normalized spacial score (nSPS) is 17.1. The predicted octanol–water partition coefficient (Wildman–Crippen LogP) is 2.60. The summed E-state index contributed by atoms with van der Waals surface area (Å²) in [7, 11) is 3.74. The second-order valence-corrected chi connectivity index (χ2v) is 7.54. The van der Waals surface area contributed by atoms with Crippen molar-refractivity contribution in [1.29, 1.82) is 0 Å². The van der Waals surface area contributed by atoms with Crippen LogP contribution in [0.1, 0.15) is 24.1 Å². The van der Waals surface area contributed by atoms with Crippen molar-refractivity contribution < 1.29 is 4.74 Å². The Morgan fingerprint density at radius 1 is 1.23 bits per heavy atom. The van der Waals surface area contributed by atoms with Gasteiger partial charge in [-0.25, -0.2) is 0 Å². The molecule has 7 heteroatoms. The number of halogens is 1. The quantitative estimate of drug-likeness (QED) is 0.577. The number of aryl methyl sites for hydroxylation is 1. The van der Waals surface area contributed by atoms with Gasteiger partial charge in [0.2, 0.25) is 0 Å². The molecule has 0 atom stereocenters. The van der Waals surface area contributed by atoms with E-state index in [0.717, 1.165) is 48.7 Å². The molecule has 0 radical (unpaired) electrons. The zero-order valence-corrected chi connectivity index (χ0v) is 16.9. The van der Waals surface area contributed by atoms with Crippen LogP contribution in [0, 0.1) is 0 Å². The van der Waals surface area contributed by atoms with E-state index in [9.17, 15) is 0 Å². The van der Waals surface area contributed by atoms with Crippen molar-refractivity contribution >= 4 is 21.9 Å². The fraction of sp³-hybridized carbons (Fsp3) is 0.474. The molecule has 0 unspecified atom stereocenters. The Bertz CT molecular complexity index is 735. The van der Waals surface area contributed by atoms with E-state index in [4.69, 9.17) is 4.74 Å². The van der Waals surface area contributed by atoms with Crippen LogP contribution in [0.4, 0.5) is 0 Å². The Morgan fingerprint density at radius 2 is 1.96 bits per heavy atom. The molecule has 2 heterocycles. The van der Waals surface area contributed by atoms with E-state index >= 15 is 0 Å². The van der Waals surface area contributed by atoms with Crippen LogP contribution in [0.15, 0.2) is 46.0 Å². The monoisotopic (exact) mass is 419 g/mol. The number of rotatable bonds is 5. The first kappa shape index (κ1) is 18.9. The molecular formula is C19H26BrN5O. The molecule has 0 bridgehead atoms. The van der Waals surface area contributed by atoms with Crippen LogP contribution in [0.2, 0.25) is 0 Å². The van der Waals surface area contributed by atoms with Crippen molar-refractivity contribution in [3.63, 3.8) is 0 Å². The first-order valence-electron chi connectivity index (χ1n) is 8.88. The lowest BCUT2D eigenvalue weighted by Crippen LogP contribution is -2.48. The van der Waals surface area contributed by atoms with Gasteiger partial charge in [0.05, 0.1) is 12.2 Å². The van der Waals surface area contributed by atoms with Crippen LogP contribution in [0.3, 0.4) is 0 Å². The van der Waals surface area contributed by atoms with E-state index in [2.05, 4.69) is 60.9 Å². The summed E-state index contributed by atoms with van der Waals surface area (Å²) in [4.78, 5) is 4.37. The first-order valence-corrected chi connectivity index (χ1v) is 9.67. The molecule has 0 spiro atoms.